The van der Waals surface area contributed by atoms with E-state index in [1.54, 1.807) is 11.3 Å². The van der Waals surface area contributed by atoms with Crippen molar-refractivity contribution >= 4 is 22.1 Å². The number of hydrogen-bond donors (Lipinski definition) is 2. The first kappa shape index (κ1) is 13.3. The molecular weight excluding hydrogens is 248 g/mol. The number of aliphatic hydroxyl groups is 1. The normalized spacial score (nSPS) is 11.6. The van der Waals surface area contributed by atoms with Crippen LogP contribution in [0.3, 0.4) is 0 Å². The second kappa shape index (κ2) is 5.69. The van der Waals surface area contributed by atoms with Crippen molar-refractivity contribution in [1.29, 1.82) is 0 Å². The Kier molecular flexibility index (Phi) is 4.21. The summed E-state index contributed by atoms with van der Waals surface area (Å²) in [6.07, 6.45) is 2.04. The first-order valence-electron chi connectivity index (χ1n) is 6.13. The van der Waals surface area contributed by atoms with Gasteiger partial charge in [0.15, 0.2) is 10.8 Å². The largest absolute Gasteiger partial charge is 0.395 e. The Labute approximate surface area is 111 Å². The number of aliphatic hydroxyl groups excluding tert-OH is 1. The molecule has 0 amide bonds. The van der Waals surface area contributed by atoms with E-state index >= 15 is 0 Å². The molecule has 2 heterocycles. The van der Waals surface area contributed by atoms with Crippen LogP contribution in [0.5, 0.6) is 0 Å². The standard InChI is InChI=1S/C12H20N4OS/c1-9(2)13-8-10-11(15(3)4-6-17)14-12-16(10)5-7-18-12/h5,7,9,13,17H,4,6,8H2,1-3H3. The zero-order valence-corrected chi connectivity index (χ0v) is 11.9. The maximum absolute atomic E-state index is 9.04. The van der Waals surface area contributed by atoms with Crippen LogP contribution < -0.4 is 10.2 Å². The molecule has 18 heavy (non-hydrogen) atoms. The third kappa shape index (κ3) is 2.66. The number of aromatic nitrogens is 2. The highest BCUT2D eigenvalue weighted by Crippen LogP contribution is 2.23. The molecule has 2 N–H and O–H groups in total. The summed E-state index contributed by atoms with van der Waals surface area (Å²) >= 11 is 1.63. The van der Waals surface area contributed by atoms with Gasteiger partial charge in [-0.15, -0.1) is 11.3 Å². The number of likely N-dealkylation sites (N-methyl/N-ethyl adjacent to an activating group) is 1. The van der Waals surface area contributed by atoms with E-state index in [9.17, 15) is 0 Å². The predicted molar refractivity (Wildman–Crippen MR) is 75.4 cm³/mol. The molecule has 100 valence electrons. The molecule has 0 aliphatic rings. The molecule has 0 atom stereocenters. The first-order valence-corrected chi connectivity index (χ1v) is 7.01. The van der Waals surface area contributed by atoms with Crippen LogP contribution in [0.15, 0.2) is 11.6 Å². The van der Waals surface area contributed by atoms with E-state index in [1.165, 1.54) is 0 Å². The number of imidazole rings is 1. The van der Waals surface area contributed by atoms with Crippen molar-refractivity contribution in [3.8, 4) is 0 Å². The second-order valence-electron chi connectivity index (χ2n) is 4.62. The lowest BCUT2D eigenvalue weighted by Crippen LogP contribution is -2.26. The zero-order valence-electron chi connectivity index (χ0n) is 11.1. The lowest BCUT2D eigenvalue weighted by atomic mass is 10.3. The summed E-state index contributed by atoms with van der Waals surface area (Å²) in [6, 6.07) is 0.435. The van der Waals surface area contributed by atoms with Crippen LogP contribution in [0.4, 0.5) is 5.82 Å². The minimum Gasteiger partial charge on any atom is -0.395 e. The van der Waals surface area contributed by atoms with Gasteiger partial charge in [-0.05, 0) is 0 Å². The fourth-order valence-electron chi connectivity index (χ4n) is 1.85. The quantitative estimate of drug-likeness (QED) is 0.830. The van der Waals surface area contributed by atoms with Crippen molar-refractivity contribution in [2.45, 2.75) is 26.4 Å². The first-order chi connectivity index (χ1) is 8.63. The Hall–Kier alpha value is -1.11. The van der Waals surface area contributed by atoms with E-state index in [-0.39, 0.29) is 6.61 Å². The van der Waals surface area contributed by atoms with E-state index in [2.05, 4.69) is 28.5 Å². The lowest BCUT2D eigenvalue weighted by Gasteiger charge is -2.17. The van der Waals surface area contributed by atoms with Gasteiger partial charge in [0.2, 0.25) is 0 Å². The van der Waals surface area contributed by atoms with Crippen molar-refractivity contribution < 1.29 is 5.11 Å². The van der Waals surface area contributed by atoms with Crippen LogP contribution in [0, 0.1) is 0 Å². The highest BCUT2D eigenvalue weighted by atomic mass is 32.1. The fourth-order valence-corrected chi connectivity index (χ4v) is 2.58. The lowest BCUT2D eigenvalue weighted by molar-refractivity contribution is 0.303. The smallest absolute Gasteiger partial charge is 0.195 e. The molecule has 5 nitrogen and oxygen atoms in total. The molecule has 2 aromatic heterocycles. The SMILES string of the molecule is CC(C)NCc1c(N(C)CCO)nc2sccn12. The molecule has 6 heteroatoms. The van der Waals surface area contributed by atoms with Crippen molar-refractivity contribution in [3.05, 3.63) is 17.3 Å². The highest BCUT2D eigenvalue weighted by Gasteiger charge is 2.16. The topological polar surface area (TPSA) is 52.8 Å². The average Bonchev–Trinajstić information content (AvgIpc) is 2.86. The van der Waals surface area contributed by atoms with Crippen molar-refractivity contribution in [2.75, 3.05) is 25.1 Å². The number of nitrogens with zero attached hydrogens (tertiary/aromatic N) is 3. The van der Waals surface area contributed by atoms with Crippen LogP contribution in [0.2, 0.25) is 0 Å². The summed E-state index contributed by atoms with van der Waals surface area (Å²) in [5.74, 6) is 0.948. The molecule has 0 saturated heterocycles. The maximum Gasteiger partial charge on any atom is 0.195 e. The molecule has 2 rings (SSSR count). The number of nitrogens with one attached hydrogen (secondary N) is 1. The minimum atomic E-state index is 0.138. The summed E-state index contributed by atoms with van der Waals surface area (Å²) in [5.41, 5.74) is 1.15. The van der Waals surface area contributed by atoms with Gasteiger partial charge in [-0.2, -0.15) is 0 Å². The molecule has 0 aliphatic heterocycles. The molecule has 0 aromatic carbocycles. The van der Waals surface area contributed by atoms with Crippen LogP contribution in [0.25, 0.3) is 4.96 Å². The summed E-state index contributed by atoms with van der Waals surface area (Å²) in [5, 5.41) is 14.5. The second-order valence-corrected chi connectivity index (χ2v) is 5.49. The van der Waals surface area contributed by atoms with Gasteiger partial charge in [0.05, 0.1) is 12.3 Å². The van der Waals surface area contributed by atoms with Gasteiger partial charge >= 0.3 is 0 Å². The van der Waals surface area contributed by atoms with Gasteiger partial charge in [0.25, 0.3) is 0 Å². The van der Waals surface area contributed by atoms with Crippen molar-refractivity contribution in [1.82, 2.24) is 14.7 Å². The van der Waals surface area contributed by atoms with Gasteiger partial charge in [-0.3, -0.25) is 4.40 Å². The Bertz CT molecular complexity index is 505. The molecule has 0 radical (unpaired) electrons. The molecule has 0 spiro atoms. The Morgan fingerprint density at radius 2 is 2.33 bits per heavy atom. The van der Waals surface area contributed by atoms with Gasteiger partial charge in [-0.1, -0.05) is 13.8 Å². The molecule has 0 bridgehead atoms. The Balaban J connectivity index is 2.31. The molecule has 2 aromatic rings. The third-order valence-corrected chi connectivity index (χ3v) is 3.57. The minimum absolute atomic E-state index is 0.138. The molecular formula is C12H20N4OS. The van der Waals surface area contributed by atoms with E-state index in [1.807, 2.05) is 23.5 Å². The van der Waals surface area contributed by atoms with Crippen LogP contribution in [-0.4, -0.2) is 40.7 Å². The summed E-state index contributed by atoms with van der Waals surface area (Å²) in [7, 11) is 1.96. The van der Waals surface area contributed by atoms with Crippen LogP contribution in [0.1, 0.15) is 19.5 Å². The average molecular weight is 268 g/mol. The van der Waals surface area contributed by atoms with Gasteiger partial charge < -0.3 is 15.3 Å². The van der Waals surface area contributed by atoms with E-state index in [4.69, 9.17) is 5.11 Å². The third-order valence-electron chi connectivity index (χ3n) is 2.81. The fraction of sp³-hybridized carbons (Fsp3) is 0.583. The molecule has 0 saturated carbocycles. The predicted octanol–water partition coefficient (Wildman–Crippen LogP) is 1.32. The molecule has 0 unspecified atom stereocenters. The number of hydrogen-bond acceptors (Lipinski definition) is 5. The number of thiazole rings is 1. The van der Waals surface area contributed by atoms with E-state index in [0.717, 1.165) is 23.0 Å². The molecule has 0 fully saturated rings. The summed E-state index contributed by atoms with van der Waals surface area (Å²) in [6.45, 7) is 5.77. The molecule has 0 aliphatic carbocycles. The van der Waals surface area contributed by atoms with E-state index < -0.39 is 0 Å². The van der Waals surface area contributed by atoms with Crippen LogP contribution in [-0.2, 0) is 6.54 Å². The number of rotatable bonds is 6. The van der Waals surface area contributed by atoms with Gasteiger partial charge in [0, 0.05) is 37.8 Å². The zero-order chi connectivity index (χ0) is 13.1. The Morgan fingerprint density at radius 1 is 1.56 bits per heavy atom. The number of anilines is 1. The number of fused-ring (bicyclic) bond motifs is 1. The maximum atomic E-state index is 9.04. The summed E-state index contributed by atoms with van der Waals surface area (Å²) < 4.78 is 2.11. The monoisotopic (exact) mass is 268 g/mol. The summed E-state index contributed by atoms with van der Waals surface area (Å²) in [4.78, 5) is 7.62. The van der Waals surface area contributed by atoms with Gasteiger partial charge in [-0.25, -0.2) is 4.98 Å². The van der Waals surface area contributed by atoms with Gasteiger partial charge in [0.1, 0.15) is 0 Å². The Morgan fingerprint density at radius 3 is 3.00 bits per heavy atom. The van der Waals surface area contributed by atoms with E-state index in [0.29, 0.717) is 12.6 Å². The van der Waals surface area contributed by atoms with Crippen molar-refractivity contribution in [2.24, 2.45) is 0 Å². The highest BCUT2D eigenvalue weighted by molar-refractivity contribution is 7.15. The van der Waals surface area contributed by atoms with Crippen molar-refractivity contribution in [3.63, 3.8) is 0 Å². The van der Waals surface area contributed by atoms with Crippen LogP contribution >= 0.6 is 11.3 Å².